The van der Waals surface area contributed by atoms with Crippen LogP contribution in [0.25, 0.3) is 0 Å². The van der Waals surface area contributed by atoms with E-state index in [-0.39, 0.29) is 35.5 Å². The minimum atomic E-state index is -0.446. The number of ether oxygens (including phenoxy) is 1. The largest absolute Gasteiger partial charge is 0.504 e. The number of aliphatic hydroxyl groups excluding tert-OH is 1. The van der Waals surface area contributed by atoms with E-state index in [1.165, 1.54) is 6.08 Å². The maximum absolute atomic E-state index is 12.8. The number of hydrogen-bond donors (Lipinski definition) is 1. The lowest BCUT2D eigenvalue weighted by Crippen LogP contribution is -2.43. The van der Waals surface area contributed by atoms with E-state index >= 15 is 0 Å². The van der Waals surface area contributed by atoms with Gasteiger partial charge in [-0.05, 0) is 44.3 Å². The molecule has 1 N–H and O–H groups in total. The van der Waals surface area contributed by atoms with Gasteiger partial charge in [0, 0.05) is 28.1 Å². The first-order chi connectivity index (χ1) is 13.5. The van der Waals surface area contributed by atoms with E-state index < -0.39 is 5.41 Å². The first kappa shape index (κ1) is 21.4. The fourth-order valence-corrected chi connectivity index (χ4v) is 5.08. The number of carbonyl (C=O) groups is 2. The smallest absolute Gasteiger partial charge is 0.330 e. The van der Waals surface area contributed by atoms with Crippen LogP contribution >= 0.6 is 0 Å². The summed E-state index contributed by atoms with van der Waals surface area (Å²) in [6.07, 6.45) is 10.2. The standard InChI is InChI=1S/C25H32O4/c1-15(2)12-20(26)29-14-24(5)10-7-11-25(6)19(24)9-8-17-13-18(16(3)4)22(27)23(28)21(17)25/h8-9,12-13,16,28H,7,10-11,14H2,1-6H3/t24-,25+/m0/s1. The Morgan fingerprint density at radius 3 is 2.55 bits per heavy atom. The monoisotopic (exact) mass is 396 g/mol. The Labute approximate surface area is 173 Å². The van der Waals surface area contributed by atoms with Crippen molar-refractivity contribution in [2.24, 2.45) is 16.7 Å². The molecular formula is C25H32O4. The molecule has 29 heavy (non-hydrogen) atoms. The molecule has 4 nitrogen and oxygen atoms in total. The second-order valence-corrected chi connectivity index (χ2v) is 9.59. The van der Waals surface area contributed by atoms with Gasteiger partial charge in [0.25, 0.3) is 0 Å². The van der Waals surface area contributed by atoms with Crippen LogP contribution in [0, 0.1) is 16.7 Å². The summed E-state index contributed by atoms with van der Waals surface area (Å²) >= 11 is 0. The van der Waals surface area contributed by atoms with Gasteiger partial charge in [-0.25, -0.2) is 4.79 Å². The number of hydrogen-bond acceptors (Lipinski definition) is 4. The first-order valence-electron chi connectivity index (χ1n) is 10.4. The van der Waals surface area contributed by atoms with Crippen molar-refractivity contribution >= 4 is 11.8 Å². The van der Waals surface area contributed by atoms with Crippen LogP contribution in [0.2, 0.25) is 0 Å². The molecule has 0 heterocycles. The minimum absolute atomic E-state index is 0.0522. The highest BCUT2D eigenvalue weighted by molar-refractivity contribution is 6.10. The highest BCUT2D eigenvalue weighted by Crippen LogP contribution is 2.59. The SMILES string of the molecule is CC(C)=CC(=O)OC[C@]1(C)CCC[C@]2(C)C1=CC=C1C=C(C(C)C)C(=O)C(O)=C12. The number of Topliss-reactive ketones (excluding diaryl/α,β-unsaturated/α-hetero) is 1. The summed E-state index contributed by atoms with van der Waals surface area (Å²) in [4.78, 5) is 24.9. The van der Waals surface area contributed by atoms with Gasteiger partial charge in [0.1, 0.15) is 6.61 Å². The van der Waals surface area contributed by atoms with Crippen molar-refractivity contribution in [2.45, 2.75) is 60.8 Å². The molecule has 3 rings (SSSR count). The first-order valence-corrected chi connectivity index (χ1v) is 10.4. The van der Waals surface area contributed by atoms with Crippen molar-refractivity contribution in [1.82, 2.24) is 0 Å². The number of fused-ring (bicyclic) bond motifs is 3. The molecule has 3 aliphatic carbocycles. The molecule has 4 heteroatoms. The van der Waals surface area contributed by atoms with Crippen LogP contribution in [-0.2, 0) is 14.3 Å². The van der Waals surface area contributed by atoms with Gasteiger partial charge in [0.15, 0.2) is 5.76 Å². The third-order valence-electron chi connectivity index (χ3n) is 6.51. The summed E-state index contributed by atoms with van der Waals surface area (Å²) in [6, 6.07) is 0. The van der Waals surface area contributed by atoms with Crippen molar-refractivity contribution in [3.63, 3.8) is 0 Å². The third kappa shape index (κ3) is 3.65. The molecular weight excluding hydrogens is 364 g/mol. The molecule has 1 fully saturated rings. The Balaban J connectivity index is 2.02. The van der Waals surface area contributed by atoms with Crippen molar-refractivity contribution in [1.29, 1.82) is 0 Å². The van der Waals surface area contributed by atoms with E-state index in [1.54, 1.807) is 0 Å². The lowest BCUT2D eigenvalue weighted by molar-refractivity contribution is -0.141. The van der Waals surface area contributed by atoms with Crippen molar-refractivity contribution in [2.75, 3.05) is 6.61 Å². The predicted molar refractivity (Wildman–Crippen MR) is 114 cm³/mol. The van der Waals surface area contributed by atoms with Crippen LogP contribution < -0.4 is 0 Å². The predicted octanol–water partition coefficient (Wildman–Crippen LogP) is 5.54. The average Bonchev–Trinajstić information content (AvgIpc) is 2.61. The molecule has 0 saturated heterocycles. The van der Waals surface area contributed by atoms with Gasteiger partial charge in [0.05, 0.1) is 0 Å². The second-order valence-electron chi connectivity index (χ2n) is 9.59. The fourth-order valence-electron chi connectivity index (χ4n) is 5.08. The Morgan fingerprint density at radius 1 is 1.24 bits per heavy atom. The molecule has 0 radical (unpaired) electrons. The summed E-state index contributed by atoms with van der Waals surface area (Å²) in [7, 11) is 0. The molecule has 0 unspecified atom stereocenters. The Morgan fingerprint density at radius 2 is 1.93 bits per heavy atom. The lowest BCUT2D eigenvalue weighted by atomic mass is 9.54. The van der Waals surface area contributed by atoms with Gasteiger partial charge in [-0.2, -0.15) is 0 Å². The van der Waals surface area contributed by atoms with Crippen LogP contribution in [0.5, 0.6) is 0 Å². The summed E-state index contributed by atoms with van der Waals surface area (Å²) in [5.41, 5.74) is 3.54. The van der Waals surface area contributed by atoms with Crippen molar-refractivity contribution in [3.8, 4) is 0 Å². The van der Waals surface area contributed by atoms with Crippen LogP contribution in [0.4, 0.5) is 0 Å². The zero-order valence-corrected chi connectivity index (χ0v) is 18.4. The third-order valence-corrected chi connectivity index (χ3v) is 6.51. The second kappa shape index (κ2) is 7.47. The Bertz CT molecular complexity index is 905. The van der Waals surface area contributed by atoms with E-state index in [2.05, 4.69) is 19.9 Å². The molecule has 0 aromatic heterocycles. The number of allylic oxidation sites excluding steroid dienone is 7. The number of rotatable bonds is 4. The minimum Gasteiger partial charge on any atom is -0.504 e. The van der Waals surface area contributed by atoms with E-state index in [9.17, 15) is 14.7 Å². The van der Waals surface area contributed by atoms with Crippen molar-refractivity contribution in [3.05, 3.63) is 57.9 Å². The van der Waals surface area contributed by atoms with Crippen LogP contribution in [0.3, 0.4) is 0 Å². The highest BCUT2D eigenvalue weighted by Gasteiger charge is 2.50. The zero-order valence-electron chi connectivity index (χ0n) is 18.4. The molecule has 0 aliphatic heterocycles. The summed E-state index contributed by atoms with van der Waals surface area (Å²) in [5, 5.41) is 10.9. The van der Waals surface area contributed by atoms with Gasteiger partial charge in [-0.3, -0.25) is 4.79 Å². The maximum atomic E-state index is 12.8. The maximum Gasteiger partial charge on any atom is 0.330 e. The Kier molecular flexibility index (Phi) is 5.50. The van der Waals surface area contributed by atoms with E-state index in [0.717, 1.165) is 41.6 Å². The normalized spacial score (nSPS) is 28.8. The molecule has 0 aromatic carbocycles. The van der Waals surface area contributed by atoms with Crippen molar-refractivity contribution < 1.29 is 19.4 Å². The van der Waals surface area contributed by atoms with Gasteiger partial charge in [0.2, 0.25) is 5.78 Å². The van der Waals surface area contributed by atoms with Gasteiger partial charge >= 0.3 is 5.97 Å². The number of esters is 1. The summed E-state index contributed by atoms with van der Waals surface area (Å²) < 4.78 is 5.59. The molecule has 3 aliphatic rings. The number of ketones is 1. The topological polar surface area (TPSA) is 63.6 Å². The molecule has 156 valence electrons. The average molecular weight is 397 g/mol. The van der Waals surface area contributed by atoms with Crippen LogP contribution in [0.1, 0.15) is 60.8 Å². The van der Waals surface area contributed by atoms with E-state index in [1.807, 2.05) is 39.8 Å². The number of carbonyl (C=O) groups excluding carboxylic acids is 2. The van der Waals surface area contributed by atoms with Gasteiger partial charge < -0.3 is 9.84 Å². The van der Waals surface area contributed by atoms with Crippen LogP contribution in [-0.4, -0.2) is 23.5 Å². The van der Waals surface area contributed by atoms with Gasteiger partial charge in [-0.15, -0.1) is 0 Å². The molecule has 0 amide bonds. The highest BCUT2D eigenvalue weighted by atomic mass is 16.5. The zero-order chi connectivity index (χ0) is 21.6. The van der Waals surface area contributed by atoms with E-state index in [0.29, 0.717) is 5.57 Å². The molecule has 0 spiro atoms. The van der Waals surface area contributed by atoms with E-state index in [4.69, 9.17) is 4.74 Å². The molecule has 0 bridgehead atoms. The molecule has 0 aromatic rings. The quantitative estimate of drug-likeness (QED) is 0.501. The molecule has 1 saturated carbocycles. The van der Waals surface area contributed by atoms with Gasteiger partial charge in [-0.1, -0.05) is 57.4 Å². The lowest BCUT2D eigenvalue weighted by Gasteiger charge is -2.50. The fraction of sp³-hybridized carbons (Fsp3) is 0.520. The Hall–Kier alpha value is -2.36. The van der Waals surface area contributed by atoms with Crippen LogP contribution in [0.15, 0.2) is 57.9 Å². The molecule has 2 atom stereocenters. The number of aliphatic hydroxyl groups is 1. The summed E-state index contributed by atoms with van der Waals surface area (Å²) in [6.45, 7) is 12.2. The summed E-state index contributed by atoms with van der Waals surface area (Å²) in [5.74, 6) is -0.667.